The number of pyridine rings is 1. The molecule has 2 aromatic rings. The fourth-order valence-corrected chi connectivity index (χ4v) is 1.38. The van der Waals surface area contributed by atoms with Crippen LogP contribution >= 0.6 is 0 Å². The van der Waals surface area contributed by atoms with Gasteiger partial charge in [0, 0.05) is 23.9 Å². The molecule has 5 nitrogen and oxygen atoms in total. The minimum Gasteiger partial charge on any atom is -0.322 e. The van der Waals surface area contributed by atoms with E-state index in [1.54, 1.807) is 24.3 Å². The van der Waals surface area contributed by atoms with Crippen molar-refractivity contribution in [1.82, 2.24) is 4.98 Å². The quantitative estimate of drug-likeness (QED) is 0.615. The van der Waals surface area contributed by atoms with Crippen molar-refractivity contribution in [2.45, 2.75) is 0 Å². The number of H-pyrrole nitrogens is 1. The first kappa shape index (κ1) is 10.1. The van der Waals surface area contributed by atoms with E-state index < -0.39 is 4.92 Å². The van der Waals surface area contributed by atoms with Crippen molar-refractivity contribution < 1.29 is 4.92 Å². The highest BCUT2D eigenvalue weighted by molar-refractivity contribution is 5.60. The summed E-state index contributed by atoms with van der Waals surface area (Å²) in [5.41, 5.74) is 1.21. The Morgan fingerprint density at radius 2 is 1.75 bits per heavy atom. The van der Waals surface area contributed by atoms with E-state index in [1.165, 1.54) is 18.2 Å². The summed E-state index contributed by atoms with van der Waals surface area (Å²) in [6.45, 7) is 0. The third kappa shape index (κ3) is 1.98. The maximum atomic E-state index is 11.1. The van der Waals surface area contributed by atoms with Crippen LogP contribution in [0.15, 0.2) is 47.3 Å². The van der Waals surface area contributed by atoms with Crippen LogP contribution in [-0.4, -0.2) is 9.91 Å². The van der Waals surface area contributed by atoms with Crippen molar-refractivity contribution in [3.05, 3.63) is 62.9 Å². The van der Waals surface area contributed by atoms with E-state index in [1.807, 2.05) is 0 Å². The van der Waals surface area contributed by atoms with E-state index >= 15 is 0 Å². The molecule has 0 bridgehead atoms. The van der Waals surface area contributed by atoms with E-state index in [0.29, 0.717) is 5.69 Å². The van der Waals surface area contributed by atoms with Crippen LogP contribution in [0.1, 0.15) is 0 Å². The second kappa shape index (κ2) is 3.98. The Kier molecular flexibility index (Phi) is 2.51. The van der Waals surface area contributed by atoms with Gasteiger partial charge in [0.05, 0.1) is 4.92 Å². The molecule has 1 N–H and O–H groups in total. The molecule has 0 amide bonds. The lowest BCUT2D eigenvalue weighted by Gasteiger charge is -2.00. The highest BCUT2D eigenvalue weighted by atomic mass is 16.6. The lowest BCUT2D eigenvalue weighted by molar-refractivity contribution is -0.384. The zero-order chi connectivity index (χ0) is 11.5. The van der Waals surface area contributed by atoms with Crippen LogP contribution in [0.4, 0.5) is 5.69 Å². The van der Waals surface area contributed by atoms with E-state index in [4.69, 9.17) is 0 Å². The number of nitro benzene ring substituents is 1. The number of hydrogen-bond donors (Lipinski definition) is 1. The molecule has 0 aliphatic rings. The first-order valence-corrected chi connectivity index (χ1v) is 4.61. The summed E-state index contributed by atoms with van der Waals surface area (Å²) < 4.78 is 0. The van der Waals surface area contributed by atoms with Gasteiger partial charge in [-0.25, -0.2) is 0 Å². The maximum Gasteiger partial charge on any atom is 0.269 e. The molecule has 1 heterocycles. The molecule has 5 heteroatoms. The van der Waals surface area contributed by atoms with Gasteiger partial charge in [0.25, 0.3) is 5.69 Å². The SMILES string of the molecule is O=c1cccc(-c2ccc([N+](=O)[O-])cc2)[nH]1. The predicted octanol–water partition coefficient (Wildman–Crippen LogP) is 1.95. The van der Waals surface area contributed by atoms with Crippen LogP contribution < -0.4 is 5.56 Å². The number of hydrogen-bond acceptors (Lipinski definition) is 3. The van der Waals surface area contributed by atoms with E-state index in [-0.39, 0.29) is 11.2 Å². The summed E-state index contributed by atoms with van der Waals surface area (Å²) in [5, 5.41) is 10.5. The first-order valence-electron chi connectivity index (χ1n) is 4.61. The zero-order valence-electron chi connectivity index (χ0n) is 8.21. The summed E-state index contributed by atoms with van der Waals surface area (Å²) in [5.74, 6) is 0. The molecule has 80 valence electrons. The minimum absolute atomic E-state index is 0.0297. The van der Waals surface area contributed by atoms with Crippen LogP contribution in [0.25, 0.3) is 11.3 Å². The highest BCUT2D eigenvalue weighted by Gasteiger charge is 2.05. The Balaban J connectivity index is 2.42. The molecular formula is C11H8N2O3. The van der Waals surface area contributed by atoms with Gasteiger partial charge in [-0.15, -0.1) is 0 Å². The molecule has 1 aromatic heterocycles. The van der Waals surface area contributed by atoms with Gasteiger partial charge in [-0.05, 0) is 23.8 Å². The average Bonchev–Trinajstić information content (AvgIpc) is 2.29. The zero-order valence-corrected chi connectivity index (χ0v) is 8.21. The molecule has 0 atom stereocenters. The summed E-state index contributed by atoms with van der Waals surface area (Å²) in [4.78, 5) is 23.7. The van der Waals surface area contributed by atoms with Crippen LogP contribution in [0.2, 0.25) is 0 Å². The normalized spacial score (nSPS) is 10.0. The topological polar surface area (TPSA) is 76.0 Å². The van der Waals surface area contributed by atoms with Gasteiger partial charge in [0.15, 0.2) is 0 Å². The molecule has 2 rings (SSSR count). The van der Waals surface area contributed by atoms with Crippen LogP contribution in [-0.2, 0) is 0 Å². The number of aromatic amines is 1. The summed E-state index contributed by atoms with van der Waals surface area (Å²) in [6.07, 6.45) is 0. The number of nitro groups is 1. The van der Waals surface area contributed by atoms with Gasteiger partial charge in [-0.2, -0.15) is 0 Å². The molecule has 1 aromatic carbocycles. The molecule has 16 heavy (non-hydrogen) atoms. The van der Waals surface area contributed by atoms with Gasteiger partial charge >= 0.3 is 0 Å². The van der Waals surface area contributed by atoms with Crippen LogP contribution in [0.5, 0.6) is 0 Å². The monoisotopic (exact) mass is 216 g/mol. The Morgan fingerprint density at radius 3 is 2.31 bits per heavy atom. The maximum absolute atomic E-state index is 11.1. The fourth-order valence-electron chi connectivity index (χ4n) is 1.38. The van der Waals surface area contributed by atoms with Crippen molar-refractivity contribution >= 4 is 5.69 Å². The van der Waals surface area contributed by atoms with Crippen molar-refractivity contribution in [3.63, 3.8) is 0 Å². The molecule has 0 saturated carbocycles. The summed E-state index contributed by atoms with van der Waals surface area (Å²) in [7, 11) is 0. The molecule has 0 fully saturated rings. The third-order valence-corrected chi connectivity index (χ3v) is 2.16. The first-order chi connectivity index (χ1) is 7.66. The number of benzene rings is 1. The number of nitrogens with zero attached hydrogens (tertiary/aromatic N) is 1. The van der Waals surface area contributed by atoms with Gasteiger partial charge in [0.2, 0.25) is 5.56 Å². The van der Waals surface area contributed by atoms with Crippen LogP contribution in [0.3, 0.4) is 0 Å². The van der Waals surface area contributed by atoms with Gasteiger partial charge in [-0.3, -0.25) is 14.9 Å². The Bertz CT molecular complexity index is 572. The molecular weight excluding hydrogens is 208 g/mol. The molecule has 0 radical (unpaired) electrons. The Morgan fingerprint density at radius 1 is 1.06 bits per heavy atom. The molecule has 0 spiro atoms. The van der Waals surface area contributed by atoms with Crippen molar-refractivity contribution in [1.29, 1.82) is 0 Å². The Labute approximate surface area is 90.5 Å². The molecule has 0 unspecified atom stereocenters. The minimum atomic E-state index is -0.461. The summed E-state index contributed by atoms with van der Waals surface area (Å²) in [6, 6.07) is 10.8. The Hall–Kier alpha value is -2.43. The second-order valence-corrected chi connectivity index (χ2v) is 3.23. The number of aromatic nitrogens is 1. The van der Waals surface area contributed by atoms with E-state index in [2.05, 4.69) is 4.98 Å². The predicted molar refractivity (Wildman–Crippen MR) is 59.2 cm³/mol. The number of non-ortho nitro benzene ring substituents is 1. The van der Waals surface area contributed by atoms with Crippen molar-refractivity contribution in [3.8, 4) is 11.3 Å². The second-order valence-electron chi connectivity index (χ2n) is 3.23. The van der Waals surface area contributed by atoms with E-state index in [9.17, 15) is 14.9 Å². The lowest BCUT2D eigenvalue weighted by atomic mass is 10.1. The largest absolute Gasteiger partial charge is 0.322 e. The van der Waals surface area contributed by atoms with Crippen LogP contribution in [0, 0.1) is 10.1 Å². The lowest BCUT2D eigenvalue weighted by Crippen LogP contribution is -2.03. The number of nitrogens with one attached hydrogen (secondary N) is 1. The van der Waals surface area contributed by atoms with Gasteiger partial charge < -0.3 is 4.98 Å². The molecule has 0 aliphatic carbocycles. The average molecular weight is 216 g/mol. The summed E-state index contributed by atoms with van der Waals surface area (Å²) >= 11 is 0. The molecule has 0 saturated heterocycles. The molecule has 0 aliphatic heterocycles. The fraction of sp³-hybridized carbons (Fsp3) is 0. The third-order valence-electron chi connectivity index (χ3n) is 2.16. The van der Waals surface area contributed by atoms with E-state index in [0.717, 1.165) is 5.56 Å². The van der Waals surface area contributed by atoms with Crippen molar-refractivity contribution in [2.24, 2.45) is 0 Å². The van der Waals surface area contributed by atoms with Gasteiger partial charge in [-0.1, -0.05) is 6.07 Å². The standard InChI is InChI=1S/C11H8N2O3/c14-11-3-1-2-10(12-11)8-4-6-9(7-5-8)13(15)16/h1-7H,(H,12,14). The van der Waals surface area contributed by atoms with Crippen molar-refractivity contribution in [2.75, 3.05) is 0 Å². The smallest absolute Gasteiger partial charge is 0.269 e. The number of rotatable bonds is 2. The highest BCUT2D eigenvalue weighted by Crippen LogP contribution is 2.19. The van der Waals surface area contributed by atoms with Gasteiger partial charge in [0.1, 0.15) is 0 Å².